The summed E-state index contributed by atoms with van der Waals surface area (Å²) >= 11 is 0. The second kappa shape index (κ2) is 9.56. The molecule has 0 bridgehead atoms. The van der Waals surface area contributed by atoms with E-state index >= 15 is 0 Å². The first kappa shape index (κ1) is 22.0. The summed E-state index contributed by atoms with van der Waals surface area (Å²) < 4.78 is 2.12. The van der Waals surface area contributed by atoms with Crippen molar-refractivity contribution >= 4 is 32.9 Å². The Kier molecular flexibility index (Phi) is 6.18. The summed E-state index contributed by atoms with van der Waals surface area (Å²) in [5, 5.41) is 8.72. The van der Waals surface area contributed by atoms with Gasteiger partial charge in [0, 0.05) is 29.7 Å². The molecule has 4 aromatic carbocycles. The first-order valence-electron chi connectivity index (χ1n) is 12.2. The highest BCUT2D eigenvalue weighted by molar-refractivity contribution is 6.02. The van der Waals surface area contributed by atoms with Gasteiger partial charge in [0.25, 0.3) is 0 Å². The molecule has 0 aliphatic rings. The molecule has 5 aromatic rings. The van der Waals surface area contributed by atoms with Gasteiger partial charge in [-0.25, -0.2) is 0 Å². The Labute approximate surface area is 202 Å². The largest absolute Gasteiger partial charge is 0.372 e. The molecule has 5 rings (SSSR count). The molecular weight excluding hydrogens is 414 g/mol. The van der Waals surface area contributed by atoms with E-state index in [0.29, 0.717) is 0 Å². The van der Waals surface area contributed by atoms with Gasteiger partial charge in [0.2, 0.25) is 0 Å². The van der Waals surface area contributed by atoms with Gasteiger partial charge in [0.05, 0.1) is 12.1 Å². The number of hydrogen-bond acceptors (Lipinski definition) is 2. The van der Waals surface area contributed by atoms with Crippen LogP contribution in [-0.2, 0) is 6.54 Å². The number of aromatic nitrogens is 2. The van der Waals surface area contributed by atoms with Crippen molar-refractivity contribution in [3.63, 3.8) is 0 Å². The highest BCUT2D eigenvalue weighted by atomic mass is 15.3. The van der Waals surface area contributed by atoms with Gasteiger partial charge in [-0.1, -0.05) is 86.3 Å². The van der Waals surface area contributed by atoms with E-state index in [2.05, 4.69) is 121 Å². The lowest BCUT2D eigenvalue weighted by molar-refractivity contribution is 0.709. The summed E-state index contributed by atoms with van der Waals surface area (Å²) in [5.41, 5.74) is 6.66. The van der Waals surface area contributed by atoms with Gasteiger partial charge in [0.1, 0.15) is 5.69 Å². The highest BCUT2D eigenvalue weighted by Gasteiger charge is 2.18. The smallest absolute Gasteiger partial charge is 0.100 e. The van der Waals surface area contributed by atoms with Crippen molar-refractivity contribution in [2.75, 3.05) is 18.0 Å². The third-order valence-electron chi connectivity index (χ3n) is 6.55. The molecule has 0 saturated heterocycles. The predicted molar refractivity (Wildman–Crippen MR) is 146 cm³/mol. The Morgan fingerprint density at radius 3 is 2.41 bits per heavy atom. The maximum atomic E-state index is 5.14. The van der Waals surface area contributed by atoms with Crippen molar-refractivity contribution in [1.29, 1.82) is 0 Å². The Hall–Kier alpha value is -3.85. The average molecular weight is 446 g/mol. The zero-order valence-corrected chi connectivity index (χ0v) is 20.0. The van der Waals surface area contributed by atoms with Crippen LogP contribution >= 0.6 is 0 Å². The first-order chi connectivity index (χ1) is 16.7. The average Bonchev–Trinajstić information content (AvgIpc) is 3.24. The highest BCUT2D eigenvalue weighted by Crippen LogP contribution is 2.34. The number of nitrogens with zero attached hydrogens (tertiary/aromatic N) is 3. The lowest BCUT2D eigenvalue weighted by Gasteiger charge is -2.22. The molecule has 0 fully saturated rings. The van der Waals surface area contributed by atoms with E-state index in [-0.39, 0.29) is 0 Å². The van der Waals surface area contributed by atoms with E-state index in [1.807, 2.05) is 0 Å². The monoisotopic (exact) mass is 445 g/mol. The lowest BCUT2D eigenvalue weighted by Crippen LogP contribution is -2.23. The normalized spacial score (nSPS) is 11.2. The van der Waals surface area contributed by atoms with Crippen molar-refractivity contribution in [3.05, 3.63) is 114 Å². The topological polar surface area (TPSA) is 21.1 Å². The van der Waals surface area contributed by atoms with Crippen LogP contribution in [0.25, 0.3) is 27.2 Å². The molecule has 3 heteroatoms. The lowest BCUT2D eigenvalue weighted by atomic mass is 9.96. The van der Waals surface area contributed by atoms with E-state index in [9.17, 15) is 0 Å². The van der Waals surface area contributed by atoms with Crippen LogP contribution in [0, 0.1) is 0 Å². The molecule has 1 heterocycles. The van der Waals surface area contributed by atoms with Gasteiger partial charge >= 0.3 is 0 Å². The maximum absolute atomic E-state index is 5.14. The fourth-order valence-corrected chi connectivity index (χ4v) is 4.82. The van der Waals surface area contributed by atoms with E-state index in [1.165, 1.54) is 22.0 Å². The van der Waals surface area contributed by atoms with Crippen LogP contribution < -0.4 is 4.90 Å². The standard InChI is InChI=1S/C31H31N3/c1-4-20-33(5-2)26-18-19-30-29(21-26)31(32-34(30)22-24-12-7-6-8-13-24)23(3)27-17-11-15-25-14-9-10-16-28(25)27/h6-19,21H,3-5,20,22H2,1-2H3. The summed E-state index contributed by atoms with van der Waals surface area (Å²) in [7, 11) is 0. The van der Waals surface area contributed by atoms with Crippen LogP contribution in [0.3, 0.4) is 0 Å². The summed E-state index contributed by atoms with van der Waals surface area (Å²) in [6, 6.07) is 32.2. The van der Waals surface area contributed by atoms with Crippen molar-refractivity contribution < 1.29 is 0 Å². The summed E-state index contributed by atoms with van der Waals surface area (Å²) in [6.07, 6.45) is 1.12. The number of benzene rings is 4. The quantitative estimate of drug-likeness (QED) is 0.246. The molecule has 0 atom stereocenters. The van der Waals surface area contributed by atoms with Crippen molar-refractivity contribution in [2.45, 2.75) is 26.8 Å². The Balaban J connectivity index is 1.67. The zero-order chi connectivity index (χ0) is 23.5. The van der Waals surface area contributed by atoms with E-state index in [4.69, 9.17) is 5.10 Å². The van der Waals surface area contributed by atoms with Crippen molar-refractivity contribution in [2.24, 2.45) is 0 Å². The zero-order valence-electron chi connectivity index (χ0n) is 20.0. The second-order valence-electron chi connectivity index (χ2n) is 8.78. The third kappa shape index (κ3) is 4.10. The third-order valence-corrected chi connectivity index (χ3v) is 6.55. The van der Waals surface area contributed by atoms with E-state index < -0.39 is 0 Å². The molecule has 0 aliphatic carbocycles. The van der Waals surface area contributed by atoms with E-state index in [0.717, 1.165) is 53.8 Å². The minimum Gasteiger partial charge on any atom is -0.372 e. The molecule has 0 unspecified atom stereocenters. The van der Waals surface area contributed by atoms with Gasteiger partial charge in [-0.2, -0.15) is 5.10 Å². The molecule has 170 valence electrons. The molecule has 3 nitrogen and oxygen atoms in total. The summed E-state index contributed by atoms with van der Waals surface area (Å²) in [4.78, 5) is 2.43. The summed E-state index contributed by atoms with van der Waals surface area (Å²) in [5.74, 6) is 0. The molecule has 0 N–H and O–H groups in total. The number of hydrogen-bond donors (Lipinski definition) is 0. The first-order valence-corrected chi connectivity index (χ1v) is 12.2. The van der Waals surface area contributed by atoms with Gasteiger partial charge in [-0.05, 0) is 53.4 Å². The van der Waals surface area contributed by atoms with Crippen LogP contribution in [0.2, 0.25) is 0 Å². The minimum absolute atomic E-state index is 0.728. The molecule has 0 spiro atoms. The van der Waals surface area contributed by atoms with Crippen LogP contribution in [-0.4, -0.2) is 22.9 Å². The Morgan fingerprint density at radius 1 is 0.853 bits per heavy atom. The van der Waals surface area contributed by atoms with E-state index in [1.54, 1.807) is 0 Å². The molecule has 0 aliphatic heterocycles. The van der Waals surface area contributed by atoms with Crippen LogP contribution in [0.1, 0.15) is 37.1 Å². The summed E-state index contributed by atoms with van der Waals surface area (Å²) in [6.45, 7) is 11.8. The predicted octanol–water partition coefficient (Wildman–Crippen LogP) is 7.54. The van der Waals surface area contributed by atoms with Gasteiger partial charge in [-0.15, -0.1) is 0 Å². The number of rotatable bonds is 8. The molecule has 0 saturated carbocycles. The van der Waals surface area contributed by atoms with Gasteiger partial charge in [0.15, 0.2) is 0 Å². The maximum Gasteiger partial charge on any atom is 0.100 e. The Bertz CT molecular complexity index is 1440. The fourth-order valence-electron chi connectivity index (χ4n) is 4.82. The van der Waals surface area contributed by atoms with Crippen molar-refractivity contribution in [3.8, 4) is 0 Å². The van der Waals surface area contributed by atoms with Crippen LogP contribution in [0.5, 0.6) is 0 Å². The Morgan fingerprint density at radius 2 is 1.62 bits per heavy atom. The van der Waals surface area contributed by atoms with Gasteiger partial charge < -0.3 is 4.90 Å². The van der Waals surface area contributed by atoms with Crippen molar-refractivity contribution in [1.82, 2.24) is 9.78 Å². The number of fused-ring (bicyclic) bond motifs is 2. The second-order valence-corrected chi connectivity index (χ2v) is 8.78. The SMILES string of the molecule is C=C(c1cccc2ccccc12)c1nn(Cc2ccccc2)c2ccc(N(CC)CCC)cc12. The van der Waals surface area contributed by atoms with Crippen LogP contribution in [0.4, 0.5) is 5.69 Å². The fraction of sp³-hybridized carbons (Fsp3) is 0.194. The number of anilines is 1. The molecule has 0 amide bonds. The molecule has 34 heavy (non-hydrogen) atoms. The molecule has 0 radical (unpaired) electrons. The molecule has 1 aromatic heterocycles. The van der Waals surface area contributed by atoms with Gasteiger partial charge in [-0.3, -0.25) is 4.68 Å². The molecular formula is C31H31N3. The van der Waals surface area contributed by atoms with Crippen LogP contribution in [0.15, 0.2) is 97.6 Å². The minimum atomic E-state index is 0.728.